The van der Waals surface area contributed by atoms with Crippen LogP contribution in [0.3, 0.4) is 0 Å². The molecular weight excluding hydrogens is 216 g/mol. The second-order valence-electron chi connectivity index (χ2n) is 3.36. The summed E-state index contributed by atoms with van der Waals surface area (Å²) in [5.74, 6) is -0.650. The summed E-state index contributed by atoms with van der Waals surface area (Å²) in [5.41, 5.74) is 6.13. The van der Waals surface area contributed by atoms with E-state index in [1.807, 2.05) is 0 Å². The van der Waals surface area contributed by atoms with Gasteiger partial charge in [0.2, 0.25) is 12.3 Å². The molecule has 0 saturated carbocycles. The highest BCUT2D eigenvalue weighted by atomic mass is 19.3. The summed E-state index contributed by atoms with van der Waals surface area (Å²) < 4.78 is 24.6. The van der Waals surface area contributed by atoms with Crippen LogP contribution in [-0.2, 0) is 6.42 Å². The van der Waals surface area contributed by atoms with Crippen molar-refractivity contribution in [2.45, 2.75) is 12.8 Å². The number of H-pyrrole nitrogens is 1. The van der Waals surface area contributed by atoms with Crippen molar-refractivity contribution in [1.29, 1.82) is 0 Å². The Hall–Kier alpha value is -1.98. The van der Waals surface area contributed by atoms with Gasteiger partial charge in [-0.2, -0.15) is 0 Å². The highest BCUT2D eigenvalue weighted by Crippen LogP contribution is 2.22. The summed E-state index contributed by atoms with van der Waals surface area (Å²) in [6, 6.07) is 1.42. The molecule has 0 aliphatic heterocycles. The Labute approximate surface area is 89.5 Å². The maximum Gasteiger partial charge on any atom is 0.249 e. The highest BCUT2D eigenvalue weighted by molar-refractivity contribution is 6.05. The number of carbonyl (C=O) groups is 1. The average Bonchev–Trinajstić information content (AvgIpc) is 2.60. The molecule has 16 heavy (non-hydrogen) atoms. The van der Waals surface area contributed by atoms with Crippen molar-refractivity contribution in [2.24, 2.45) is 5.73 Å². The number of hydrogen-bond donors (Lipinski definition) is 2. The number of halogens is 2. The Bertz CT molecular complexity index is 536. The van der Waals surface area contributed by atoms with Crippen LogP contribution in [0.5, 0.6) is 0 Å². The van der Waals surface area contributed by atoms with Gasteiger partial charge in [0.05, 0.1) is 5.56 Å². The minimum absolute atomic E-state index is 0.210. The van der Waals surface area contributed by atoms with E-state index in [0.29, 0.717) is 16.6 Å². The van der Waals surface area contributed by atoms with Crippen molar-refractivity contribution < 1.29 is 13.6 Å². The Balaban J connectivity index is 2.63. The van der Waals surface area contributed by atoms with E-state index in [4.69, 9.17) is 5.73 Å². The average molecular weight is 225 g/mol. The van der Waals surface area contributed by atoms with Crippen molar-refractivity contribution in [3.63, 3.8) is 0 Å². The van der Waals surface area contributed by atoms with Gasteiger partial charge in [0.1, 0.15) is 5.65 Å². The molecule has 2 heterocycles. The molecule has 0 fully saturated rings. The van der Waals surface area contributed by atoms with Crippen LogP contribution in [0.4, 0.5) is 8.78 Å². The molecule has 0 bridgehead atoms. The maximum atomic E-state index is 12.3. The van der Waals surface area contributed by atoms with E-state index >= 15 is 0 Å². The van der Waals surface area contributed by atoms with Crippen LogP contribution in [0, 0.1) is 0 Å². The number of carbonyl (C=O) groups excluding carboxylic acids is 1. The van der Waals surface area contributed by atoms with Crippen molar-refractivity contribution in [3.8, 4) is 0 Å². The largest absolute Gasteiger partial charge is 0.366 e. The number of nitrogens with one attached hydrogen (secondary N) is 1. The molecule has 0 radical (unpaired) electrons. The molecule has 0 aliphatic carbocycles. The van der Waals surface area contributed by atoms with Crippen LogP contribution in [0.25, 0.3) is 11.0 Å². The molecule has 0 spiro atoms. The molecule has 2 aromatic rings. The number of nitrogens with two attached hydrogens (primary N) is 1. The fourth-order valence-corrected chi connectivity index (χ4v) is 1.66. The van der Waals surface area contributed by atoms with Gasteiger partial charge in [0, 0.05) is 24.2 Å². The number of pyridine rings is 1. The fourth-order valence-electron chi connectivity index (χ4n) is 1.66. The number of aromatic amines is 1. The second kappa shape index (κ2) is 3.88. The number of aromatic nitrogens is 2. The van der Waals surface area contributed by atoms with Crippen molar-refractivity contribution >= 4 is 16.9 Å². The van der Waals surface area contributed by atoms with Gasteiger partial charge in [0.15, 0.2) is 0 Å². The molecule has 2 aromatic heterocycles. The summed E-state index contributed by atoms with van der Waals surface area (Å²) in [4.78, 5) is 17.8. The first-order valence-corrected chi connectivity index (χ1v) is 4.62. The third-order valence-electron chi connectivity index (χ3n) is 2.29. The summed E-state index contributed by atoms with van der Waals surface area (Å²) in [6.45, 7) is 0. The molecular formula is C10H9F2N3O. The first-order chi connectivity index (χ1) is 7.59. The molecule has 0 atom stereocenters. The zero-order valence-electron chi connectivity index (χ0n) is 8.21. The lowest BCUT2D eigenvalue weighted by atomic mass is 10.1. The number of amides is 1. The topological polar surface area (TPSA) is 71.8 Å². The lowest BCUT2D eigenvalue weighted by Gasteiger charge is -2.01. The minimum atomic E-state index is -2.47. The van der Waals surface area contributed by atoms with Gasteiger partial charge in [0.25, 0.3) is 0 Å². The van der Waals surface area contributed by atoms with E-state index in [2.05, 4.69) is 9.97 Å². The number of alkyl halides is 2. The lowest BCUT2D eigenvalue weighted by Crippen LogP contribution is -2.12. The molecule has 3 N–H and O–H groups in total. The number of hydrogen-bond acceptors (Lipinski definition) is 2. The van der Waals surface area contributed by atoms with Gasteiger partial charge in [-0.05, 0) is 11.6 Å². The van der Waals surface area contributed by atoms with Gasteiger partial charge in [-0.3, -0.25) is 4.79 Å². The molecule has 6 heteroatoms. The number of rotatable bonds is 3. The summed E-state index contributed by atoms with van der Waals surface area (Å²) in [7, 11) is 0. The first kappa shape index (κ1) is 10.5. The molecule has 0 unspecified atom stereocenters. The Morgan fingerprint density at radius 1 is 1.56 bits per heavy atom. The molecule has 0 saturated heterocycles. The van der Waals surface area contributed by atoms with Crippen LogP contribution in [0.2, 0.25) is 0 Å². The van der Waals surface area contributed by atoms with Gasteiger partial charge in [-0.25, -0.2) is 13.8 Å². The lowest BCUT2D eigenvalue weighted by molar-refractivity contribution is 0.100. The van der Waals surface area contributed by atoms with E-state index in [-0.39, 0.29) is 5.56 Å². The number of nitrogens with zero attached hydrogens (tertiary/aromatic N) is 1. The Kier molecular flexibility index (Phi) is 2.55. The molecule has 0 aliphatic rings. The SMILES string of the molecule is NC(=O)c1ccnc2[nH]cc(CC(F)F)c12. The van der Waals surface area contributed by atoms with Crippen LogP contribution < -0.4 is 5.73 Å². The van der Waals surface area contributed by atoms with E-state index in [1.165, 1.54) is 18.5 Å². The van der Waals surface area contributed by atoms with Crippen LogP contribution >= 0.6 is 0 Å². The fraction of sp³-hybridized carbons (Fsp3) is 0.200. The maximum absolute atomic E-state index is 12.3. The molecule has 2 rings (SSSR count). The van der Waals surface area contributed by atoms with E-state index in [1.54, 1.807) is 0 Å². The van der Waals surface area contributed by atoms with Gasteiger partial charge in [-0.1, -0.05) is 0 Å². The molecule has 1 amide bonds. The predicted octanol–water partition coefficient (Wildman–Crippen LogP) is 1.47. The van der Waals surface area contributed by atoms with Crippen molar-refractivity contribution in [1.82, 2.24) is 9.97 Å². The minimum Gasteiger partial charge on any atom is -0.366 e. The molecule has 84 valence electrons. The zero-order valence-corrected chi connectivity index (χ0v) is 8.21. The van der Waals surface area contributed by atoms with Crippen LogP contribution in [-0.4, -0.2) is 22.3 Å². The van der Waals surface area contributed by atoms with Crippen molar-refractivity contribution in [3.05, 3.63) is 29.6 Å². The third kappa shape index (κ3) is 1.73. The van der Waals surface area contributed by atoms with Crippen LogP contribution in [0.15, 0.2) is 18.5 Å². The summed E-state index contributed by atoms with van der Waals surface area (Å²) in [6.07, 6.45) is -0.0622. The summed E-state index contributed by atoms with van der Waals surface area (Å²) in [5, 5.41) is 0.385. The van der Waals surface area contributed by atoms with Crippen molar-refractivity contribution in [2.75, 3.05) is 0 Å². The smallest absolute Gasteiger partial charge is 0.249 e. The third-order valence-corrected chi connectivity index (χ3v) is 2.29. The predicted molar refractivity (Wildman–Crippen MR) is 54.3 cm³/mol. The number of primary amides is 1. The number of fused-ring (bicyclic) bond motifs is 1. The van der Waals surface area contributed by atoms with Gasteiger partial charge < -0.3 is 10.7 Å². The molecule has 0 aromatic carbocycles. The van der Waals surface area contributed by atoms with Crippen LogP contribution in [0.1, 0.15) is 15.9 Å². The first-order valence-electron chi connectivity index (χ1n) is 4.62. The quantitative estimate of drug-likeness (QED) is 0.830. The van der Waals surface area contributed by atoms with E-state index < -0.39 is 18.8 Å². The zero-order chi connectivity index (χ0) is 11.7. The van der Waals surface area contributed by atoms with E-state index in [9.17, 15) is 13.6 Å². The van der Waals surface area contributed by atoms with Gasteiger partial charge >= 0.3 is 0 Å². The standard InChI is InChI=1S/C10H9F2N3O/c11-7(12)3-5-4-15-10-8(5)6(9(13)16)1-2-14-10/h1-2,4,7H,3H2,(H2,13,16)(H,14,15). The monoisotopic (exact) mass is 225 g/mol. The van der Waals surface area contributed by atoms with E-state index in [0.717, 1.165) is 0 Å². The second-order valence-corrected chi connectivity index (χ2v) is 3.36. The summed E-state index contributed by atoms with van der Waals surface area (Å²) >= 11 is 0. The molecule has 4 nitrogen and oxygen atoms in total. The van der Waals surface area contributed by atoms with Gasteiger partial charge in [-0.15, -0.1) is 0 Å². The normalized spacial score (nSPS) is 11.2. The Morgan fingerprint density at radius 2 is 2.31 bits per heavy atom. The highest BCUT2D eigenvalue weighted by Gasteiger charge is 2.15. The Morgan fingerprint density at radius 3 is 2.94 bits per heavy atom.